The number of nitrogens with zero attached hydrogens (tertiary/aromatic N) is 4. The molecule has 2 aliphatic rings. The molecule has 1 aromatic heterocycles. The second-order valence-electron chi connectivity index (χ2n) is 7.50. The largest absolute Gasteiger partial charge is 0.586 e. The van der Waals surface area contributed by atoms with Gasteiger partial charge in [0.05, 0.1) is 7.11 Å². The molecule has 1 aromatic carbocycles. The number of rotatable bonds is 5. The van der Waals surface area contributed by atoms with Crippen LogP contribution in [0.25, 0.3) is 6.08 Å². The van der Waals surface area contributed by atoms with Gasteiger partial charge < -0.3 is 24.0 Å². The molecule has 34 heavy (non-hydrogen) atoms. The normalized spacial score (nSPS) is 16.6. The van der Waals surface area contributed by atoms with Gasteiger partial charge in [0.2, 0.25) is 11.8 Å². The van der Waals surface area contributed by atoms with E-state index < -0.39 is 18.0 Å². The topological polar surface area (TPSA) is 111 Å². The van der Waals surface area contributed by atoms with E-state index >= 15 is 0 Å². The van der Waals surface area contributed by atoms with Gasteiger partial charge in [0, 0.05) is 45.2 Å². The fourth-order valence-corrected chi connectivity index (χ4v) is 3.43. The molecule has 10 nitrogen and oxygen atoms in total. The summed E-state index contributed by atoms with van der Waals surface area (Å²) in [5, 5.41) is 0. The minimum absolute atomic E-state index is 0.0325. The smallest absolute Gasteiger partial charge is 0.481 e. The Balaban J connectivity index is 1.36. The van der Waals surface area contributed by atoms with E-state index in [2.05, 4.69) is 19.4 Å². The van der Waals surface area contributed by atoms with E-state index in [4.69, 9.17) is 4.74 Å². The predicted octanol–water partition coefficient (Wildman–Crippen LogP) is 2.01. The number of piperazine rings is 1. The van der Waals surface area contributed by atoms with E-state index in [0.717, 1.165) is 0 Å². The van der Waals surface area contributed by atoms with Crippen molar-refractivity contribution < 1.29 is 37.4 Å². The summed E-state index contributed by atoms with van der Waals surface area (Å²) in [4.78, 5) is 48.0. The molecular weight excluding hydrogens is 454 g/mol. The average molecular weight is 474 g/mol. The number of carbonyl (C=O) groups excluding carboxylic acids is 3. The Morgan fingerprint density at radius 2 is 1.71 bits per heavy atom. The van der Waals surface area contributed by atoms with Crippen LogP contribution in [0.4, 0.5) is 8.78 Å². The first-order valence-corrected chi connectivity index (χ1v) is 10.3. The fraction of sp³-hybridized carbons (Fsp3) is 0.318. The van der Waals surface area contributed by atoms with Crippen molar-refractivity contribution in [3.8, 4) is 17.4 Å². The Hall–Kier alpha value is -4.09. The molecule has 2 aromatic rings. The third-order valence-corrected chi connectivity index (χ3v) is 5.17. The van der Waals surface area contributed by atoms with Crippen molar-refractivity contribution in [2.24, 2.45) is 0 Å². The summed E-state index contributed by atoms with van der Waals surface area (Å²) in [6, 6.07) is 5.57. The Morgan fingerprint density at radius 1 is 1.03 bits per heavy atom. The van der Waals surface area contributed by atoms with Crippen molar-refractivity contribution in [2.45, 2.75) is 13.2 Å². The van der Waals surface area contributed by atoms with Crippen LogP contribution in [0.2, 0.25) is 0 Å². The molecule has 0 radical (unpaired) electrons. The van der Waals surface area contributed by atoms with Crippen LogP contribution in [-0.2, 0) is 4.79 Å². The number of aromatic nitrogens is 2. The highest BCUT2D eigenvalue weighted by atomic mass is 19.3. The molecule has 0 N–H and O–H groups in total. The number of Topliss-reactive ketones (excluding diaryl/α,β-unsaturated/α-hetero) is 1. The summed E-state index contributed by atoms with van der Waals surface area (Å²) in [6.07, 6.45) is -0.903. The Labute approximate surface area is 192 Å². The first-order valence-electron chi connectivity index (χ1n) is 10.3. The van der Waals surface area contributed by atoms with E-state index in [1.54, 1.807) is 4.90 Å². The number of carbonyl (C=O) groups is 3. The van der Waals surface area contributed by atoms with Crippen molar-refractivity contribution in [1.82, 2.24) is 19.8 Å². The Kier molecular flexibility index (Phi) is 6.14. The number of alkyl halides is 2. The molecule has 0 saturated carbocycles. The Bertz CT molecular complexity index is 1180. The molecule has 3 heterocycles. The van der Waals surface area contributed by atoms with Crippen molar-refractivity contribution in [2.75, 3.05) is 33.3 Å². The maximum absolute atomic E-state index is 13.1. The molecule has 4 rings (SSSR count). The van der Waals surface area contributed by atoms with Crippen LogP contribution in [0.5, 0.6) is 17.4 Å². The maximum Gasteiger partial charge on any atom is 0.586 e. The first kappa shape index (κ1) is 23.1. The number of ketones is 1. The lowest BCUT2D eigenvalue weighted by Crippen LogP contribution is -2.50. The van der Waals surface area contributed by atoms with E-state index in [1.165, 1.54) is 55.4 Å². The zero-order chi connectivity index (χ0) is 24.5. The van der Waals surface area contributed by atoms with E-state index in [-0.39, 0.29) is 61.0 Å². The number of hydrogen-bond acceptors (Lipinski definition) is 8. The summed E-state index contributed by atoms with van der Waals surface area (Å²) < 4.78 is 40.1. The highest BCUT2D eigenvalue weighted by Crippen LogP contribution is 2.41. The summed E-state index contributed by atoms with van der Waals surface area (Å²) in [5.41, 5.74) is 0.520. The summed E-state index contributed by atoms with van der Waals surface area (Å²) in [6.45, 7) is 2.38. The van der Waals surface area contributed by atoms with Gasteiger partial charge in [-0.05, 0) is 23.8 Å². The molecule has 2 aliphatic heterocycles. The monoisotopic (exact) mass is 474 g/mol. The van der Waals surface area contributed by atoms with Gasteiger partial charge in [-0.1, -0.05) is 6.07 Å². The van der Waals surface area contributed by atoms with Gasteiger partial charge in [0.15, 0.2) is 23.1 Å². The number of hydrogen-bond donors (Lipinski definition) is 0. The lowest BCUT2D eigenvalue weighted by molar-refractivity contribution is -0.286. The minimum atomic E-state index is -3.71. The molecule has 0 aliphatic carbocycles. The number of benzene rings is 1. The average Bonchev–Trinajstić information content (AvgIpc) is 3.14. The molecule has 2 amide bonds. The maximum atomic E-state index is 13.1. The van der Waals surface area contributed by atoms with Crippen LogP contribution in [0.15, 0.2) is 30.3 Å². The third-order valence-electron chi connectivity index (χ3n) is 5.17. The van der Waals surface area contributed by atoms with Crippen LogP contribution in [0, 0.1) is 0 Å². The first-order chi connectivity index (χ1) is 16.1. The molecule has 0 spiro atoms. The molecule has 0 bridgehead atoms. The van der Waals surface area contributed by atoms with Gasteiger partial charge in [-0.2, -0.15) is 4.98 Å². The molecular formula is C22H20F2N4O6. The second kappa shape index (κ2) is 9.04. The van der Waals surface area contributed by atoms with Crippen LogP contribution < -0.4 is 14.2 Å². The van der Waals surface area contributed by atoms with Gasteiger partial charge >= 0.3 is 6.29 Å². The van der Waals surface area contributed by atoms with E-state index in [0.29, 0.717) is 5.56 Å². The second-order valence-corrected chi connectivity index (χ2v) is 7.50. The number of halogens is 2. The number of amides is 2. The van der Waals surface area contributed by atoms with Gasteiger partial charge in [0.1, 0.15) is 5.69 Å². The van der Waals surface area contributed by atoms with Crippen molar-refractivity contribution >= 4 is 23.7 Å². The summed E-state index contributed by atoms with van der Waals surface area (Å²) in [5.74, 6) is -1.29. The van der Waals surface area contributed by atoms with Crippen molar-refractivity contribution in [3.63, 3.8) is 0 Å². The summed E-state index contributed by atoms with van der Waals surface area (Å²) in [7, 11) is 1.37. The lowest BCUT2D eigenvalue weighted by Gasteiger charge is -2.34. The van der Waals surface area contributed by atoms with Crippen LogP contribution in [0.3, 0.4) is 0 Å². The van der Waals surface area contributed by atoms with E-state index in [1.807, 2.05) is 0 Å². The highest BCUT2D eigenvalue weighted by molar-refractivity contribution is 5.96. The summed E-state index contributed by atoms with van der Waals surface area (Å²) >= 11 is 0. The predicted molar refractivity (Wildman–Crippen MR) is 113 cm³/mol. The van der Waals surface area contributed by atoms with E-state index in [9.17, 15) is 23.2 Å². The Morgan fingerprint density at radius 3 is 2.38 bits per heavy atom. The molecule has 178 valence electrons. The molecule has 12 heteroatoms. The van der Waals surface area contributed by atoms with Gasteiger partial charge in [-0.3, -0.25) is 14.4 Å². The molecule has 1 saturated heterocycles. The van der Waals surface area contributed by atoms with Gasteiger partial charge in [-0.15, -0.1) is 8.78 Å². The molecule has 1 fully saturated rings. The van der Waals surface area contributed by atoms with Crippen LogP contribution in [0.1, 0.15) is 33.6 Å². The molecule has 0 atom stereocenters. The quantitative estimate of drug-likeness (QED) is 0.478. The van der Waals surface area contributed by atoms with Crippen LogP contribution >= 0.6 is 0 Å². The molecule has 0 unspecified atom stereocenters. The third kappa shape index (κ3) is 4.95. The zero-order valence-corrected chi connectivity index (χ0v) is 18.3. The van der Waals surface area contributed by atoms with Gasteiger partial charge in [-0.25, -0.2) is 4.98 Å². The van der Waals surface area contributed by atoms with Crippen molar-refractivity contribution in [1.29, 1.82) is 0 Å². The minimum Gasteiger partial charge on any atom is -0.481 e. The highest BCUT2D eigenvalue weighted by Gasteiger charge is 2.43. The number of ether oxygens (including phenoxy) is 3. The lowest BCUT2D eigenvalue weighted by atomic mass is 10.2. The number of methoxy groups -OCH3 is 1. The zero-order valence-electron chi connectivity index (χ0n) is 18.3. The SMILES string of the molecule is COc1cc(C(=O)N2CCN(C(=O)C=Cc3ccc4c(c3)OC(F)(F)O4)CC2)nc(C(C)=O)n1. The van der Waals surface area contributed by atoms with Crippen LogP contribution in [-0.4, -0.2) is 76.9 Å². The van der Waals surface area contributed by atoms with Gasteiger partial charge in [0.25, 0.3) is 5.91 Å². The standard InChI is InChI=1S/C22H20F2N4O6/c1-13(29)20-25-15(12-18(26-20)32-2)21(31)28-9-7-27(8-10-28)19(30)6-4-14-3-5-16-17(11-14)34-22(23,24)33-16/h3-6,11-12H,7-10H2,1-2H3. The van der Waals surface area contributed by atoms with Crippen molar-refractivity contribution in [3.05, 3.63) is 47.4 Å². The number of fused-ring (bicyclic) bond motifs is 1. The fourth-order valence-electron chi connectivity index (χ4n) is 3.43.